The van der Waals surface area contributed by atoms with Crippen LogP contribution in [-0.2, 0) is 16.1 Å². The first kappa shape index (κ1) is 14.0. The summed E-state index contributed by atoms with van der Waals surface area (Å²) < 4.78 is 4.99. The second kappa shape index (κ2) is 6.68. The molecule has 1 aliphatic rings. The standard InChI is InChI=1S/C15H21NO3/c1-2-19-15(18)13-8-9-16(11-14(13)17)10-12-6-4-3-5-7-12/h3-7,13-14,17H,2,8-11H2,1H3/t13-,14-/m0/s1. The Balaban J connectivity index is 1.88. The number of piperidine rings is 1. The Kier molecular flexibility index (Phi) is 4.93. The molecule has 1 aliphatic heterocycles. The highest BCUT2D eigenvalue weighted by molar-refractivity contribution is 5.73. The number of esters is 1. The van der Waals surface area contributed by atoms with Gasteiger partial charge >= 0.3 is 5.97 Å². The number of carbonyl (C=O) groups is 1. The number of benzene rings is 1. The maximum absolute atomic E-state index is 11.7. The number of aliphatic hydroxyl groups is 1. The maximum atomic E-state index is 11.7. The van der Waals surface area contributed by atoms with Gasteiger partial charge in [-0.1, -0.05) is 30.3 Å². The van der Waals surface area contributed by atoms with Crippen LogP contribution >= 0.6 is 0 Å². The molecule has 0 spiro atoms. The summed E-state index contributed by atoms with van der Waals surface area (Å²) in [5.41, 5.74) is 1.23. The Morgan fingerprint density at radius 2 is 2.16 bits per heavy atom. The molecule has 1 heterocycles. The van der Waals surface area contributed by atoms with Crippen LogP contribution in [0.4, 0.5) is 0 Å². The van der Waals surface area contributed by atoms with Crippen molar-refractivity contribution in [1.82, 2.24) is 4.90 Å². The van der Waals surface area contributed by atoms with E-state index in [1.807, 2.05) is 18.2 Å². The lowest BCUT2D eigenvalue weighted by Gasteiger charge is -2.34. The summed E-state index contributed by atoms with van der Waals surface area (Å²) in [7, 11) is 0. The quantitative estimate of drug-likeness (QED) is 0.835. The molecule has 0 aliphatic carbocycles. The number of ether oxygens (including phenoxy) is 1. The summed E-state index contributed by atoms with van der Waals surface area (Å²) in [6, 6.07) is 10.2. The predicted molar refractivity (Wildman–Crippen MR) is 72.5 cm³/mol. The first-order valence-corrected chi connectivity index (χ1v) is 6.81. The van der Waals surface area contributed by atoms with Gasteiger partial charge in [0.2, 0.25) is 0 Å². The average molecular weight is 263 g/mol. The summed E-state index contributed by atoms with van der Waals surface area (Å²) in [5, 5.41) is 10.1. The molecule has 19 heavy (non-hydrogen) atoms. The molecule has 1 fully saturated rings. The number of likely N-dealkylation sites (tertiary alicyclic amines) is 1. The number of hydrogen-bond acceptors (Lipinski definition) is 4. The minimum absolute atomic E-state index is 0.269. The van der Waals surface area contributed by atoms with Crippen molar-refractivity contribution >= 4 is 5.97 Å². The molecular formula is C15H21NO3. The second-order valence-corrected chi connectivity index (χ2v) is 4.94. The highest BCUT2D eigenvalue weighted by atomic mass is 16.5. The van der Waals surface area contributed by atoms with Gasteiger partial charge in [0, 0.05) is 13.1 Å². The van der Waals surface area contributed by atoms with Crippen LogP contribution in [0, 0.1) is 5.92 Å². The van der Waals surface area contributed by atoms with Gasteiger partial charge in [-0.3, -0.25) is 9.69 Å². The zero-order valence-corrected chi connectivity index (χ0v) is 11.3. The smallest absolute Gasteiger partial charge is 0.311 e. The molecular weight excluding hydrogens is 242 g/mol. The number of β-amino-alcohol motifs (C(OH)–C–C–N with tert-alkyl or cyclic N) is 1. The van der Waals surface area contributed by atoms with E-state index in [2.05, 4.69) is 17.0 Å². The van der Waals surface area contributed by atoms with E-state index in [9.17, 15) is 9.90 Å². The first-order chi connectivity index (χ1) is 9.20. The van der Waals surface area contributed by atoms with E-state index in [4.69, 9.17) is 4.74 Å². The largest absolute Gasteiger partial charge is 0.466 e. The predicted octanol–water partition coefficient (Wildman–Crippen LogP) is 1.43. The normalized spacial score (nSPS) is 24.1. The summed E-state index contributed by atoms with van der Waals surface area (Å²) in [4.78, 5) is 13.8. The molecule has 4 nitrogen and oxygen atoms in total. The molecule has 0 radical (unpaired) electrons. The molecule has 0 aromatic heterocycles. The molecule has 0 saturated carbocycles. The van der Waals surface area contributed by atoms with Crippen LogP contribution in [-0.4, -0.2) is 41.8 Å². The van der Waals surface area contributed by atoms with Crippen LogP contribution in [0.3, 0.4) is 0 Å². The maximum Gasteiger partial charge on any atom is 0.311 e. The highest BCUT2D eigenvalue weighted by Crippen LogP contribution is 2.20. The molecule has 0 amide bonds. The fraction of sp³-hybridized carbons (Fsp3) is 0.533. The van der Waals surface area contributed by atoms with Crippen molar-refractivity contribution in [3.63, 3.8) is 0 Å². The fourth-order valence-electron chi connectivity index (χ4n) is 2.51. The van der Waals surface area contributed by atoms with Crippen molar-refractivity contribution in [3.05, 3.63) is 35.9 Å². The van der Waals surface area contributed by atoms with Gasteiger partial charge in [-0.25, -0.2) is 0 Å². The van der Waals surface area contributed by atoms with Crippen molar-refractivity contribution in [1.29, 1.82) is 0 Å². The van der Waals surface area contributed by atoms with Crippen molar-refractivity contribution < 1.29 is 14.6 Å². The van der Waals surface area contributed by atoms with E-state index < -0.39 is 6.10 Å². The minimum atomic E-state index is -0.628. The minimum Gasteiger partial charge on any atom is -0.466 e. The third-order valence-electron chi connectivity index (χ3n) is 3.50. The first-order valence-electron chi connectivity index (χ1n) is 6.81. The van der Waals surface area contributed by atoms with Gasteiger partial charge in [-0.05, 0) is 25.5 Å². The molecule has 2 atom stereocenters. The van der Waals surface area contributed by atoms with E-state index in [1.165, 1.54) is 5.56 Å². The fourth-order valence-corrected chi connectivity index (χ4v) is 2.51. The van der Waals surface area contributed by atoms with Crippen LogP contribution in [0.5, 0.6) is 0 Å². The summed E-state index contributed by atoms with van der Waals surface area (Å²) in [6.45, 7) is 4.31. The lowest BCUT2D eigenvalue weighted by molar-refractivity contribution is -0.155. The van der Waals surface area contributed by atoms with Gasteiger partial charge in [0.1, 0.15) is 0 Å². The topological polar surface area (TPSA) is 49.8 Å². The van der Waals surface area contributed by atoms with Gasteiger partial charge in [-0.2, -0.15) is 0 Å². The average Bonchev–Trinajstić information content (AvgIpc) is 2.40. The second-order valence-electron chi connectivity index (χ2n) is 4.94. The van der Waals surface area contributed by atoms with Crippen molar-refractivity contribution in [3.8, 4) is 0 Å². The van der Waals surface area contributed by atoms with E-state index >= 15 is 0 Å². The Bertz CT molecular complexity index is 407. The van der Waals surface area contributed by atoms with Gasteiger partial charge in [0.25, 0.3) is 0 Å². The monoisotopic (exact) mass is 263 g/mol. The van der Waals surface area contributed by atoms with Crippen molar-refractivity contribution in [2.45, 2.75) is 26.0 Å². The van der Waals surface area contributed by atoms with Crippen LogP contribution in [0.25, 0.3) is 0 Å². The Morgan fingerprint density at radius 1 is 1.42 bits per heavy atom. The summed E-state index contributed by atoms with van der Waals surface area (Å²) in [5.74, 6) is -0.638. The lowest BCUT2D eigenvalue weighted by atomic mass is 9.93. The van der Waals surface area contributed by atoms with Crippen molar-refractivity contribution in [2.75, 3.05) is 19.7 Å². The number of hydrogen-bond donors (Lipinski definition) is 1. The number of rotatable bonds is 4. The van der Waals surface area contributed by atoms with Gasteiger partial charge < -0.3 is 9.84 Å². The zero-order valence-electron chi connectivity index (χ0n) is 11.3. The molecule has 0 unspecified atom stereocenters. The van der Waals surface area contributed by atoms with Crippen LogP contribution < -0.4 is 0 Å². The number of aliphatic hydroxyl groups excluding tert-OH is 1. The Morgan fingerprint density at radius 3 is 2.79 bits per heavy atom. The van der Waals surface area contributed by atoms with Gasteiger partial charge in [0.05, 0.1) is 18.6 Å². The molecule has 0 bridgehead atoms. The Labute approximate surface area is 114 Å². The molecule has 1 N–H and O–H groups in total. The van der Waals surface area contributed by atoms with Crippen LogP contribution in [0.2, 0.25) is 0 Å². The third-order valence-corrected chi connectivity index (χ3v) is 3.50. The van der Waals surface area contributed by atoms with E-state index in [0.717, 1.165) is 13.1 Å². The van der Waals surface area contributed by atoms with E-state index in [0.29, 0.717) is 19.6 Å². The van der Waals surface area contributed by atoms with E-state index in [-0.39, 0.29) is 11.9 Å². The molecule has 1 saturated heterocycles. The molecule has 1 aromatic carbocycles. The molecule has 104 valence electrons. The van der Waals surface area contributed by atoms with Crippen molar-refractivity contribution in [2.24, 2.45) is 5.92 Å². The van der Waals surface area contributed by atoms with E-state index in [1.54, 1.807) is 6.92 Å². The van der Waals surface area contributed by atoms with Crippen LogP contribution in [0.1, 0.15) is 18.9 Å². The van der Waals surface area contributed by atoms with Gasteiger partial charge in [-0.15, -0.1) is 0 Å². The number of nitrogens with zero attached hydrogens (tertiary/aromatic N) is 1. The molecule has 4 heteroatoms. The SMILES string of the molecule is CCOC(=O)[C@H]1CCN(Cc2ccccc2)C[C@@H]1O. The Hall–Kier alpha value is -1.39. The number of carbonyl (C=O) groups excluding carboxylic acids is 1. The summed E-state index contributed by atoms with van der Waals surface area (Å²) >= 11 is 0. The molecule has 1 aromatic rings. The lowest BCUT2D eigenvalue weighted by Crippen LogP contribution is -2.46. The molecule has 2 rings (SSSR count). The summed E-state index contributed by atoms with van der Waals surface area (Å²) in [6.07, 6.45) is 0.0313. The highest BCUT2D eigenvalue weighted by Gasteiger charge is 2.33. The van der Waals surface area contributed by atoms with Gasteiger partial charge in [0.15, 0.2) is 0 Å². The zero-order chi connectivity index (χ0) is 13.7. The van der Waals surface area contributed by atoms with Crippen LogP contribution in [0.15, 0.2) is 30.3 Å². The third kappa shape index (κ3) is 3.78.